The molecule has 0 aliphatic carbocycles. The minimum Gasteiger partial charge on any atom is -0.454 e. The van der Waals surface area contributed by atoms with Crippen molar-refractivity contribution in [3.8, 4) is 33.6 Å². The lowest BCUT2D eigenvalue weighted by atomic mass is 10.0. The van der Waals surface area contributed by atoms with Crippen molar-refractivity contribution in [2.45, 2.75) is 0 Å². The van der Waals surface area contributed by atoms with Crippen molar-refractivity contribution >= 4 is 65.6 Å². The molecule has 3 heteroatoms. The first-order chi connectivity index (χ1) is 29.9. The number of benzene rings is 8. The van der Waals surface area contributed by atoms with Crippen LogP contribution in [0.5, 0.6) is 0 Å². The molecule has 11 aromatic rings. The molecule has 0 unspecified atom stereocenters. The van der Waals surface area contributed by atoms with E-state index in [4.69, 9.17) is 16.8 Å². The van der Waals surface area contributed by atoms with Gasteiger partial charge in [0.05, 0.1) is 42.8 Å². The van der Waals surface area contributed by atoms with E-state index in [1.165, 1.54) is 0 Å². The standard InChI is InChI=1S/C48H30N2O/c1-3-13-31(14-4-1)34-28-41-39-19-9-12-22-47(39)51-48(41)46(30-34)50-43-21-11-7-17-36(43)38-25-23-33(29-45(38)50)32-24-26-44-40(27-32)37-18-8-10-20-42(37)49(44)35-15-5-2-6-16-35/h1-30H/i1D,3D,4D,9D,12D,13D,14D,19D,22D,28D,30D. The average molecular weight is 662 g/mol. The fourth-order valence-corrected chi connectivity index (χ4v) is 7.49. The van der Waals surface area contributed by atoms with Crippen LogP contribution in [0.15, 0.2) is 186 Å². The molecular weight excluding hydrogens is 621 g/mol. The Balaban J connectivity index is 1.26. The molecule has 0 spiro atoms. The molecule has 8 aromatic carbocycles. The molecule has 0 radical (unpaired) electrons. The van der Waals surface area contributed by atoms with E-state index in [0.717, 1.165) is 49.4 Å². The van der Waals surface area contributed by atoms with Gasteiger partial charge in [-0.25, -0.2) is 0 Å². The van der Waals surface area contributed by atoms with Gasteiger partial charge in [-0.15, -0.1) is 0 Å². The van der Waals surface area contributed by atoms with Crippen molar-refractivity contribution in [3.63, 3.8) is 0 Å². The van der Waals surface area contributed by atoms with Gasteiger partial charge in [0.15, 0.2) is 5.58 Å². The van der Waals surface area contributed by atoms with Gasteiger partial charge in [-0.3, -0.25) is 0 Å². The van der Waals surface area contributed by atoms with E-state index in [1.807, 2.05) is 72.8 Å². The molecule has 0 amide bonds. The second-order valence-corrected chi connectivity index (χ2v) is 12.5. The lowest BCUT2D eigenvalue weighted by Gasteiger charge is -2.12. The molecule has 51 heavy (non-hydrogen) atoms. The molecule has 0 atom stereocenters. The first kappa shape index (κ1) is 19.4. The van der Waals surface area contributed by atoms with Gasteiger partial charge in [-0.1, -0.05) is 121 Å². The molecule has 11 rings (SSSR count). The van der Waals surface area contributed by atoms with Gasteiger partial charge in [0.25, 0.3) is 0 Å². The summed E-state index contributed by atoms with van der Waals surface area (Å²) in [6.07, 6.45) is 0. The number of nitrogens with zero attached hydrogens (tertiary/aromatic N) is 2. The van der Waals surface area contributed by atoms with Gasteiger partial charge < -0.3 is 13.6 Å². The van der Waals surface area contributed by atoms with Crippen LogP contribution >= 0.6 is 0 Å². The van der Waals surface area contributed by atoms with E-state index < -0.39 is 66.5 Å². The van der Waals surface area contributed by atoms with Crippen molar-refractivity contribution < 1.29 is 19.5 Å². The highest BCUT2D eigenvalue weighted by Crippen LogP contribution is 2.42. The Hall–Kier alpha value is -6.84. The smallest absolute Gasteiger partial charge is 0.159 e. The number of para-hydroxylation sites is 4. The summed E-state index contributed by atoms with van der Waals surface area (Å²) in [5.74, 6) is 0. The van der Waals surface area contributed by atoms with Crippen molar-refractivity contribution in [2.24, 2.45) is 0 Å². The van der Waals surface area contributed by atoms with Gasteiger partial charge in [-0.05, 0) is 82.8 Å². The number of rotatable bonds is 4. The van der Waals surface area contributed by atoms with Crippen molar-refractivity contribution in [1.29, 1.82) is 0 Å². The van der Waals surface area contributed by atoms with Crippen LogP contribution in [0, 0.1) is 0 Å². The van der Waals surface area contributed by atoms with Crippen LogP contribution in [0.25, 0.3) is 99.2 Å². The zero-order valence-electron chi connectivity index (χ0n) is 37.8. The number of fused-ring (bicyclic) bond motifs is 9. The van der Waals surface area contributed by atoms with Gasteiger partial charge in [0.1, 0.15) is 5.58 Å². The Kier molecular flexibility index (Phi) is 4.11. The van der Waals surface area contributed by atoms with Crippen molar-refractivity contribution in [3.05, 3.63) is 182 Å². The number of furan rings is 1. The highest BCUT2D eigenvalue weighted by atomic mass is 16.3. The third kappa shape index (κ3) is 4.19. The topological polar surface area (TPSA) is 23.0 Å². The molecule has 3 heterocycles. The summed E-state index contributed by atoms with van der Waals surface area (Å²) in [5.41, 5.74) is 5.18. The first-order valence-electron chi connectivity index (χ1n) is 22.0. The number of aromatic nitrogens is 2. The zero-order valence-corrected chi connectivity index (χ0v) is 26.8. The van der Waals surface area contributed by atoms with Crippen LogP contribution in [-0.4, -0.2) is 9.13 Å². The van der Waals surface area contributed by atoms with E-state index in [-0.39, 0.29) is 38.8 Å². The van der Waals surface area contributed by atoms with E-state index >= 15 is 0 Å². The Morgan fingerprint density at radius 2 is 1.06 bits per heavy atom. The molecule has 0 bridgehead atoms. The Morgan fingerprint density at radius 1 is 0.412 bits per heavy atom. The van der Waals surface area contributed by atoms with Gasteiger partial charge in [-0.2, -0.15) is 0 Å². The SMILES string of the molecule is [2H]c1c([2H])c([2H])c(-c2c([2H])c(-n3c4ccccc4c4ccc(-c5ccc6c(c5)c5ccccc5n6-c5ccccc5)cc43)c3oc4c([2H])c([2H])c([2H])c([2H])c4c3c2[2H])c([2H])c1[2H]. The predicted octanol–water partition coefficient (Wildman–Crippen LogP) is 13.1. The highest BCUT2D eigenvalue weighted by molar-refractivity contribution is 6.15. The third-order valence-electron chi connectivity index (χ3n) is 9.71. The minimum absolute atomic E-state index is 0.0376. The summed E-state index contributed by atoms with van der Waals surface area (Å²) in [6, 6.07) is 32.2. The Labute approximate surface area is 309 Å². The van der Waals surface area contributed by atoms with Crippen LogP contribution in [-0.2, 0) is 0 Å². The van der Waals surface area contributed by atoms with Crippen molar-refractivity contribution in [2.75, 3.05) is 0 Å². The van der Waals surface area contributed by atoms with Crippen LogP contribution < -0.4 is 0 Å². The highest BCUT2D eigenvalue weighted by Gasteiger charge is 2.20. The third-order valence-corrected chi connectivity index (χ3v) is 9.71. The van der Waals surface area contributed by atoms with Crippen LogP contribution in [0.1, 0.15) is 15.1 Å². The summed E-state index contributed by atoms with van der Waals surface area (Å²) < 4.78 is 108. The summed E-state index contributed by atoms with van der Waals surface area (Å²) >= 11 is 0. The van der Waals surface area contributed by atoms with E-state index in [2.05, 4.69) is 47.0 Å². The number of hydrogen-bond acceptors (Lipinski definition) is 1. The van der Waals surface area contributed by atoms with Gasteiger partial charge in [0, 0.05) is 38.0 Å². The fraction of sp³-hybridized carbons (Fsp3) is 0. The predicted molar refractivity (Wildman–Crippen MR) is 213 cm³/mol. The lowest BCUT2D eigenvalue weighted by Crippen LogP contribution is -1.96. The molecule has 3 aromatic heterocycles. The summed E-state index contributed by atoms with van der Waals surface area (Å²) in [5, 5.41) is 3.55. The summed E-state index contributed by atoms with van der Waals surface area (Å²) in [4.78, 5) is 0. The molecule has 0 saturated heterocycles. The van der Waals surface area contributed by atoms with E-state index in [9.17, 15) is 2.74 Å². The quantitative estimate of drug-likeness (QED) is 0.184. The summed E-state index contributed by atoms with van der Waals surface area (Å²) in [7, 11) is 0. The summed E-state index contributed by atoms with van der Waals surface area (Å²) in [6.45, 7) is 0. The lowest BCUT2D eigenvalue weighted by molar-refractivity contribution is 0.666. The van der Waals surface area contributed by atoms with E-state index in [0.29, 0.717) is 11.0 Å². The second-order valence-electron chi connectivity index (χ2n) is 12.5. The molecule has 238 valence electrons. The maximum absolute atomic E-state index is 9.94. The maximum atomic E-state index is 9.94. The Bertz CT molecular complexity index is 3750. The molecular formula is C48H30N2O. The molecule has 0 saturated carbocycles. The average Bonchev–Trinajstić information content (AvgIpc) is 3.96. The minimum atomic E-state index is -0.647. The Morgan fingerprint density at radius 3 is 1.90 bits per heavy atom. The maximum Gasteiger partial charge on any atom is 0.159 e. The van der Waals surface area contributed by atoms with Crippen molar-refractivity contribution in [1.82, 2.24) is 9.13 Å². The molecule has 0 fully saturated rings. The van der Waals surface area contributed by atoms with Gasteiger partial charge in [0.2, 0.25) is 0 Å². The fourth-order valence-electron chi connectivity index (χ4n) is 7.49. The number of hydrogen-bond donors (Lipinski definition) is 0. The largest absolute Gasteiger partial charge is 0.454 e. The van der Waals surface area contributed by atoms with Crippen LogP contribution in [0.4, 0.5) is 0 Å². The zero-order chi connectivity index (χ0) is 43.0. The molecule has 0 aliphatic rings. The molecule has 0 N–H and O–H groups in total. The van der Waals surface area contributed by atoms with Crippen LogP contribution in [0.2, 0.25) is 0 Å². The first-order valence-corrected chi connectivity index (χ1v) is 16.5. The van der Waals surface area contributed by atoms with Crippen LogP contribution in [0.3, 0.4) is 0 Å². The van der Waals surface area contributed by atoms with E-state index in [1.54, 1.807) is 4.57 Å². The normalized spacial score (nSPS) is 14.9. The van der Waals surface area contributed by atoms with Gasteiger partial charge >= 0.3 is 0 Å². The molecule has 0 aliphatic heterocycles. The monoisotopic (exact) mass is 661 g/mol. The molecule has 3 nitrogen and oxygen atoms in total. The second kappa shape index (κ2) is 10.8.